The zero-order valence-electron chi connectivity index (χ0n) is 22.6. The predicted octanol–water partition coefficient (Wildman–Crippen LogP) is 6.46. The summed E-state index contributed by atoms with van der Waals surface area (Å²) in [5.74, 6) is 1.59. The maximum atomic E-state index is 12.7. The lowest BCUT2D eigenvalue weighted by atomic mass is 9.87. The van der Waals surface area contributed by atoms with Crippen molar-refractivity contribution in [3.63, 3.8) is 0 Å². The SMILES string of the molecule is O=C(CC1CCCCC1)Nc1cncc(-c2cnc3[nH]nc(-c4cc5c(N6CCCCC6)nccc5[nH]4)c3c2)c1. The standard InChI is InChI=1S/C31H34N8O/c40-28(13-20-7-3-1-4-8-20)35-23-14-21(17-32-19-23)22-15-25-29(37-38-30(25)34-18-22)27-16-24-26(36-27)9-10-33-31(24)39-11-5-2-6-12-39/h9-10,14-20,36H,1-8,11-13H2,(H,35,40)(H,34,37,38). The first kappa shape index (κ1) is 24.7. The van der Waals surface area contributed by atoms with Crippen molar-refractivity contribution in [2.75, 3.05) is 23.3 Å². The van der Waals surface area contributed by atoms with Crippen LogP contribution < -0.4 is 10.2 Å². The number of H-pyrrole nitrogens is 2. The third-order valence-electron chi connectivity index (χ3n) is 8.41. The van der Waals surface area contributed by atoms with Crippen LogP contribution >= 0.6 is 0 Å². The molecule has 40 heavy (non-hydrogen) atoms. The summed E-state index contributed by atoms with van der Waals surface area (Å²) < 4.78 is 0. The van der Waals surface area contributed by atoms with Gasteiger partial charge < -0.3 is 15.2 Å². The van der Waals surface area contributed by atoms with Crippen molar-refractivity contribution >= 4 is 39.3 Å². The highest BCUT2D eigenvalue weighted by molar-refractivity contribution is 5.99. The third-order valence-corrected chi connectivity index (χ3v) is 8.41. The number of anilines is 2. The lowest BCUT2D eigenvalue weighted by Gasteiger charge is -2.28. The molecule has 6 heterocycles. The van der Waals surface area contributed by atoms with E-state index in [0.717, 1.165) is 76.2 Å². The van der Waals surface area contributed by atoms with Gasteiger partial charge in [-0.1, -0.05) is 19.3 Å². The van der Waals surface area contributed by atoms with Gasteiger partial charge in [-0.05, 0) is 62.3 Å². The number of fused-ring (bicyclic) bond motifs is 2. The number of rotatable bonds is 6. The van der Waals surface area contributed by atoms with Crippen LogP contribution in [-0.4, -0.2) is 49.1 Å². The molecule has 5 aromatic heterocycles. The third kappa shape index (κ3) is 4.92. The molecule has 2 aliphatic rings. The Kier molecular flexibility index (Phi) is 6.63. The highest BCUT2D eigenvalue weighted by Gasteiger charge is 2.20. The maximum absolute atomic E-state index is 12.7. The van der Waals surface area contributed by atoms with Crippen molar-refractivity contribution in [1.82, 2.24) is 30.1 Å². The Morgan fingerprint density at radius 1 is 0.925 bits per heavy atom. The van der Waals surface area contributed by atoms with Crippen LogP contribution in [0, 0.1) is 5.92 Å². The van der Waals surface area contributed by atoms with Crippen LogP contribution in [0.2, 0.25) is 0 Å². The molecule has 1 saturated heterocycles. The zero-order valence-corrected chi connectivity index (χ0v) is 22.6. The molecule has 1 saturated carbocycles. The van der Waals surface area contributed by atoms with Crippen LogP contribution in [-0.2, 0) is 4.79 Å². The average molecular weight is 535 g/mol. The molecule has 1 aliphatic carbocycles. The molecular formula is C31H34N8O. The van der Waals surface area contributed by atoms with E-state index in [1.807, 2.05) is 24.5 Å². The van der Waals surface area contributed by atoms with Gasteiger partial charge in [-0.3, -0.25) is 14.9 Å². The van der Waals surface area contributed by atoms with E-state index < -0.39 is 0 Å². The van der Waals surface area contributed by atoms with E-state index in [0.29, 0.717) is 18.0 Å². The Labute approximate surface area is 232 Å². The topological polar surface area (TPSA) is 115 Å². The molecule has 0 aromatic carbocycles. The number of hydrogen-bond acceptors (Lipinski definition) is 6. The van der Waals surface area contributed by atoms with Gasteiger partial charge in [0.2, 0.25) is 5.91 Å². The van der Waals surface area contributed by atoms with Crippen LogP contribution in [0.25, 0.3) is 44.5 Å². The quantitative estimate of drug-likeness (QED) is 0.230. The highest BCUT2D eigenvalue weighted by Crippen LogP contribution is 2.34. The Bertz CT molecular complexity index is 1660. The van der Waals surface area contributed by atoms with Crippen molar-refractivity contribution < 1.29 is 4.79 Å². The van der Waals surface area contributed by atoms with E-state index in [4.69, 9.17) is 4.98 Å². The summed E-state index contributed by atoms with van der Waals surface area (Å²) in [6, 6.07) is 8.22. The summed E-state index contributed by atoms with van der Waals surface area (Å²) >= 11 is 0. The van der Waals surface area contributed by atoms with Gasteiger partial charge >= 0.3 is 0 Å². The fourth-order valence-electron chi connectivity index (χ4n) is 6.32. The summed E-state index contributed by atoms with van der Waals surface area (Å²) in [4.78, 5) is 32.4. The molecule has 5 aromatic rings. The van der Waals surface area contributed by atoms with Gasteiger partial charge in [-0.15, -0.1) is 0 Å². The predicted molar refractivity (Wildman–Crippen MR) is 158 cm³/mol. The fourth-order valence-corrected chi connectivity index (χ4v) is 6.32. The van der Waals surface area contributed by atoms with Crippen LogP contribution in [0.15, 0.2) is 49.1 Å². The molecule has 1 aliphatic heterocycles. The summed E-state index contributed by atoms with van der Waals surface area (Å²) in [5.41, 5.74) is 6.02. The molecule has 204 valence electrons. The van der Waals surface area contributed by atoms with E-state index in [-0.39, 0.29) is 5.91 Å². The minimum Gasteiger partial charge on any atom is -0.356 e. The number of nitrogens with one attached hydrogen (secondary N) is 3. The molecule has 9 nitrogen and oxygen atoms in total. The van der Waals surface area contributed by atoms with Crippen molar-refractivity contribution in [2.24, 2.45) is 5.92 Å². The monoisotopic (exact) mass is 534 g/mol. The molecule has 0 unspecified atom stereocenters. The highest BCUT2D eigenvalue weighted by atomic mass is 16.1. The van der Waals surface area contributed by atoms with Gasteiger partial charge in [0.25, 0.3) is 0 Å². The van der Waals surface area contributed by atoms with Crippen molar-refractivity contribution in [3.05, 3.63) is 49.1 Å². The molecule has 7 rings (SSSR count). The molecule has 3 N–H and O–H groups in total. The molecule has 1 amide bonds. The number of pyridine rings is 3. The molecule has 2 fully saturated rings. The van der Waals surface area contributed by atoms with E-state index in [9.17, 15) is 4.79 Å². The fraction of sp³-hybridized carbons (Fsp3) is 0.387. The van der Waals surface area contributed by atoms with Gasteiger partial charge in [0.05, 0.1) is 23.1 Å². The molecule has 0 atom stereocenters. The summed E-state index contributed by atoms with van der Waals surface area (Å²) in [5, 5.41) is 12.8. The number of piperidine rings is 1. The Morgan fingerprint density at radius 2 is 1.75 bits per heavy atom. The number of hydrogen-bond donors (Lipinski definition) is 3. The van der Waals surface area contributed by atoms with Crippen LogP contribution in [0.3, 0.4) is 0 Å². The number of aromatic nitrogens is 6. The Hall–Kier alpha value is -4.27. The zero-order chi connectivity index (χ0) is 26.9. The number of nitrogens with zero attached hydrogens (tertiary/aromatic N) is 5. The Balaban J connectivity index is 1.17. The van der Waals surface area contributed by atoms with E-state index in [2.05, 4.69) is 47.5 Å². The number of aromatic amines is 2. The van der Waals surface area contributed by atoms with Gasteiger partial charge in [0.1, 0.15) is 11.5 Å². The molecule has 0 radical (unpaired) electrons. The lowest BCUT2D eigenvalue weighted by Crippen LogP contribution is -2.30. The van der Waals surface area contributed by atoms with E-state index in [1.165, 1.54) is 38.5 Å². The number of carbonyl (C=O) groups excluding carboxylic acids is 1. The first-order valence-corrected chi connectivity index (χ1v) is 14.5. The van der Waals surface area contributed by atoms with Crippen LogP contribution in [0.5, 0.6) is 0 Å². The summed E-state index contributed by atoms with van der Waals surface area (Å²) in [7, 11) is 0. The number of amides is 1. The normalized spacial score (nSPS) is 16.6. The summed E-state index contributed by atoms with van der Waals surface area (Å²) in [6.07, 6.45) is 17.5. The minimum absolute atomic E-state index is 0.0637. The van der Waals surface area contributed by atoms with Crippen molar-refractivity contribution in [3.8, 4) is 22.5 Å². The molecule has 9 heteroatoms. The second-order valence-corrected chi connectivity index (χ2v) is 11.2. The second kappa shape index (κ2) is 10.7. The Morgan fingerprint density at radius 3 is 2.62 bits per heavy atom. The van der Waals surface area contributed by atoms with Gasteiger partial charge in [-0.25, -0.2) is 9.97 Å². The largest absolute Gasteiger partial charge is 0.356 e. The number of carbonyl (C=O) groups is 1. The lowest BCUT2D eigenvalue weighted by molar-refractivity contribution is -0.117. The first-order valence-electron chi connectivity index (χ1n) is 14.5. The summed E-state index contributed by atoms with van der Waals surface area (Å²) in [6.45, 7) is 2.08. The maximum Gasteiger partial charge on any atom is 0.224 e. The van der Waals surface area contributed by atoms with E-state index >= 15 is 0 Å². The molecular weight excluding hydrogens is 500 g/mol. The van der Waals surface area contributed by atoms with Crippen molar-refractivity contribution in [1.29, 1.82) is 0 Å². The minimum atomic E-state index is 0.0637. The molecule has 0 bridgehead atoms. The van der Waals surface area contributed by atoms with Gasteiger partial charge in [-0.2, -0.15) is 5.10 Å². The van der Waals surface area contributed by atoms with Crippen LogP contribution in [0.1, 0.15) is 57.8 Å². The van der Waals surface area contributed by atoms with Crippen molar-refractivity contribution in [2.45, 2.75) is 57.8 Å². The smallest absolute Gasteiger partial charge is 0.224 e. The van der Waals surface area contributed by atoms with Gasteiger partial charge in [0.15, 0.2) is 5.65 Å². The van der Waals surface area contributed by atoms with E-state index in [1.54, 1.807) is 12.4 Å². The first-order chi connectivity index (χ1) is 19.7. The van der Waals surface area contributed by atoms with Gasteiger partial charge in [0, 0.05) is 60.0 Å². The average Bonchev–Trinajstić information content (AvgIpc) is 3.62. The van der Waals surface area contributed by atoms with Crippen LogP contribution in [0.4, 0.5) is 11.5 Å². The molecule has 0 spiro atoms. The second-order valence-electron chi connectivity index (χ2n) is 11.2.